The minimum Gasteiger partial charge on any atom is -0.482 e. The van der Waals surface area contributed by atoms with Gasteiger partial charge in [-0.1, -0.05) is 42.0 Å². The average Bonchev–Trinajstić information content (AvgIpc) is 2.91. The summed E-state index contributed by atoms with van der Waals surface area (Å²) in [6, 6.07) is 17.8. The van der Waals surface area contributed by atoms with Gasteiger partial charge in [-0.25, -0.2) is 8.42 Å². The van der Waals surface area contributed by atoms with Gasteiger partial charge in [-0.2, -0.15) is 4.31 Å². The number of Topliss-reactive ketones (excluding diaryl/α,β-unsaturated/α-hetero) is 1. The molecule has 3 aromatic rings. The van der Waals surface area contributed by atoms with Gasteiger partial charge in [0, 0.05) is 12.1 Å². The van der Waals surface area contributed by atoms with Gasteiger partial charge in [-0.15, -0.1) is 0 Å². The zero-order valence-corrected chi connectivity index (χ0v) is 21.5. The Bertz CT molecular complexity index is 1520. The van der Waals surface area contributed by atoms with Gasteiger partial charge >= 0.3 is 5.97 Å². The summed E-state index contributed by atoms with van der Waals surface area (Å²) in [4.78, 5) is 37.3. The van der Waals surface area contributed by atoms with E-state index >= 15 is 0 Å². The van der Waals surface area contributed by atoms with Crippen LogP contribution in [0.4, 0.5) is 5.69 Å². The summed E-state index contributed by atoms with van der Waals surface area (Å²) < 4.78 is 39.1. The van der Waals surface area contributed by atoms with Crippen LogP contribution >= 0.6 is 0 Å². The molecule has 2 aliphatic heterocycles. The van der Waals surface area contributed by atoms with E-state index in [1.807, 2.05) is 25.1 Å². The molecule has 0 aliphatic carbocycles. The number of carbonyl (C=O) groups excluding carboxylic acids is 3. The van der Waals surface area contributed by atoms with E-state index in [4.69, 9.17) is 9.47 Å². The minimum absolute atomic E-state index is 0.0984. The summed E-state index contributed by atoms with van der Waals surface area (Å²) in [7, 11) is -3.89. The van der Waals surface area contributed by atoms with Crippen molar-refractivity contribution in [3.05, 3.63) is 89.0 Å². The summed E-state index contributed by atoms with van der Waals surface area (Å²) >= 11 is 0. The minimum atomic E-state index is -3.89. The number of ketones is 1. The van der Waals surface area contributed by atoms with Crippen LogP contribution in [0.5, 0.6) is 5.75 Å². The summed E-state index contributed by atoms with van der Waals surface area (Å²) in [5.41, 5.74) is 3.26. The fraction of sp³-hybridized carbons (Fsp3) is 0.250. The SMILES string of the molecule is Cc1ccc(S(=O)(=O)N2CCc3ccccc3[C@H]2CC(=O)OCC(=O)c2ccc3c(c2)NC(=O)CO3)cc1. The summed E-state index contributed by atoms with van der Waals surface area (Å²) in [6.07, 6.45) is 0.271. The zero-order chi connectivity index (χ0) is 26.9. The van der Waals surface area contributed by atoms with Gasteiger partial charge in [-0.05, 0) is 54.8 Å². The lowest BCUT2D eigenvalue weighted by Crippen LogP contribution is -2.41. The maximum atomic E-state index is 13.6. The fourth-order valence-electron chi connectivity index (χ4n) is 4.68. The number of carbonyl (C=O) groups is 3. The van der Waals surface area contributed by atoms with Crippen molar-refractivity contribution in [3.8, 4) is 5.75 Å². The number of anilines is 1. The molecule has 0 bridgehead atoms. The molecule has 2 heterocycles. The largest absolute Gasteiger partial charge is 0.482 e. The van der Waals surface area contributed by atoms with Crippen molar-refractivity contribution >= 4 is 33.4 Å². The molecule has 0 saturated heterocycles. The van der Waals surface area contributed by atoms with Gasteiger partial charge < -0.3 is 14.8 Å². The number of hydrogen-bond acceptors (Lipinski definition) is 7. The number of esters is 1. The Labute approximate surface area is 220 Å². The maximum Gasteiger partial charge on any atom is 0.308 e. The Balaban J connectivity index is 1.32. The number of fused-ring (bicyclic) bond motifs is 2. The molecule has 9 nitrogen and oxygen atoms in total. The van der Waals surface area contributed by atoms with E-state index < -0.39 is 34.4 Å². The molecule has 196 valence electrons. The quantitative estimate of drug-likeness (QED) is 0.364. The maximum absolute atomic E-state index is 13.6. The number of sulfonamides is 1. The number of benzene rings is 3. The van der Waals surface area contributed by atoms with Crippen molar-refractivity contribution in [1.29, 1.82) is 0 Å². The van der Waals surface area contributed by atoms with Crippen LogP contribution in [0.1, 0.15) is 39.5 Å². The summed E-state index contributed by atoms with van der Waals surface area (Å²) in [6.45, 7) is 1.47. The number of nitrogens with zero attached hydrogens (tertiary/aromatic N) is 1. The smallest absolute Gasteiger partial charge is 0.308 e. The summed E-state index contributed by atoms with van der Waals surface area (Å²) in [5, 5.41) is 2.63. The highest BCUT2D eigenvalue weighted by molar-refractivity contribution is 7.89. The van der Waals surface area contributed by atoms with E-state index in [2.05, 4.69) is 5.32 Å². The third-order valence-electron chi connectivity index (χ3n) is 6.65. The lowest BCUT2D eigenvalue weighted by molar-refractivity contribution is -0.143. The molecule has 1 atom stereocenters. The first-order chi connectivity index (χ1) is 18.2. The van der Waals surface area contributed by atoms with Crippen LogP contribution < -0.4 is 10.1 Å². The number of rotatable bonds is 7. The number of hydrogen-bond donors (Lipinski definition) is 1. The van der Waals surface area contributed by atoms with Crippen molar-refractivity contribution in [2.24, 2.45) is 0 Å². The molecule has 10 heteroatoms. The van der Waals surface area contributed by atoms with Gasteiger partial charge in [0.1, 0.15) is 5.75 Å². The number of amides is 1. The van der Waals surface area contributed by atoms with E-state index in [1.165, 1.54) is 16.4 Å². The van der Waals surface area contributed by atoms with Crippen LogP contribution in [0.25, 0.3) is 0 Å². The van der Waals surface area contributed by atoms with E-state index in [1.54, 1.807) is 36.4 Å². The highest BCUT2D eigenvalue weighted by Gasteiger charge is 2.38. The molecular weight excluding hydrogens is 508 g/mol. The van der Waals surface area contributed by atoms with E-state index in [9.17, 15) is 22.8 Å². The molecule has 1 N–H and O–H groups in total. The van der Waals surface area contributed by atoms with E-state index in [0.29, 0.717) is 17.9 Å². The third kappa shape index (κ3) is 5.18. The van der Waals surface area contributed by atoms with Crippen molar-refractivity contribution in [2.75, 3.05) is 25.1 Å². The molecule has 5 rings (SSSR count). The Morgan fingerprint density at radius 1 is 1.08 bits per heavy atom. The fourth-order valence-corrected chi connectivity index (χ4v) is 6.28. The molecule has 0 unspecified atom stereocenters. The second-order valence-electron chi connectivity index (χ2n) is 9.23. The third-order valence-corrected chi connectivity index (χ3v) is 8.57. The molecule has 38 heavy (non-hydrogen) atoms. The van der Waals surface area contributed by atoms with Gasteiger partial charge in [-0.3, -0.25) is 14.4 Å². The van der Waals surface area contributed by atoms with E-state index in [0.717, 1.165) is 16.7 Å². The normalized spacial score (nSPS) is 17.0. The predicted molar refractivity (Wildman–Crippen MR) is 138 cm³/mol. The van der Waals surface area contributed by atoms with Crippen LogP contribution in [0, 0.1) is 6.92 Å². The molecule has 0 aromatic heterocycles. The van der Waals surface area contributed by atoms with E-state index in [-0.39, 0.29) is 35.9 Å². The highest BCUT2D eigenvalue weighted by Crippen LogP contribution is 2.36. The molecule has 2 aliphatic rings. The van der Waals surface area contributed by atoms with Gasteiger partial charge in [0.2, 0.25) is 10.0 Å². The van der Waals surface area contributed by atoms with Gasteiger partial charge in [0.25, 0.3) is 5.91 Å². The Morgan fingerprint density at radius 2 is 1.84 bits per heavy atom. The molecule has 0 spiro atoms. The van der Waals surface area contributed by atoms with Crippen LogP contribution in [0.3, 0.4) is 0 Å². The molecular formula is C28H26N2O7S. The second-order valence-corrected chi connectivity index (χ2v) is 11.1. The first-order valence-electron chi connectivity index (χ1n) is 12.1. The van der Waals surface area contributed by atoms with Crippen molar-refractivity contribution in [3.63, 3.8) is 0 Å². The monoisotopic (exact) mass is 534 g/mol. The Kier molecular flexibility index (Phi) is 7.00. The zero-order valence-electron chi connectivity index (χ0n) is 20.7. The summed E-state index contributed by atoms with van der Waals surface area (Å²) in [5.74, 6) is -1.04. The average molecular weight is 535 g/mol. The topological polar surface area (TPSA) is 119 Å². The lowest BCUT2D eigenvalue weighted by atomic mass is 9.92. The number of nitrogens with one attached hydrogen (secondary N) is 1. The van der Waals surface area contributed by atoms with Gasteiger partial charge in [0.15, 0.2) is 19.0 Å². The predicted octanol–water partition coefficient (Wildman–Crippen LogP) is 3.43. The second kappa shape index (κ2) is 10.4. The molecule has 0 saturated carbocycles. The van der Waals surface area contributed by atoms with Crippen molar-refractivity contribution in [2.45, 2.75) is 30.7 Å². The van der Waals surface area contributed by atoms with Crippen LogP contribution in [-0.4, -0.2) is 50.1 Å². The molecule has 0 radical (unpaired) electrons. The first-order valence-corrected chi connectivity index (χ1v) is 13.6. The van der Waals surface area contributed by atoms with Crippen LogP contribution in [0.2, 0.25) is 0 Å². The number of ether oxygens (including phenoxy) is 2. The van der Waals surface area contributed by atoms with Crippen LogP contribution in [0.15, 0.2) is 71.6 Å². The molecule has 1 amide bonds. The van der Waals surface area contributed by atoms with Crippen molar-refractivity contribution < 1.29 is 32.3 Å². The Hall–Kier alpha value is -4.02. The van der Waals surface area contributed by atoms with Crippen molar-refractivity contribution in [1.82, 2.24) is 4.31 Å². The number of aryl methyl sites for hydroxylation is 1. The first kappa shape index (κ1) is 25.6. The Morgan fingerprint density at radius 3 is 2.63 bits per heavy atom. The van der Waals surface area contributed by atoms with Crippen LogP contribution in [-0.2, 0) is 30.8 Å². The molecule has 3 aromatic carbocycles. The lowest BCUT2D eigenvalue weighted by Gasteiger charge is -2.36. The molecule has 0 fully saturated rings. The highest BCUT2D eigenvalue weighted by atomic mass is 32.2. The van der Waals surface area contributed by atoms with Gasteiger partial charge in [0.05, 0.1) is 23.0 Å². The standard InChI is InChI=1S/C28H26N2O7S/c1-18-6-9-21(10-7-18)38(34,35)30-13-12-19-4-2-3-5-22(19)24(30)15-28(33)37-16-25(31)20-8-11-26-23(14-20)29-27(32)17-36-26/h2-11,14,24H,12-13,15-17H2,1H3,(H,29,32)/t24-/m1/s1.